The smallest absolute Gasteiger partial charge is 0.212 e. The molecule has 120 valence electrons. The molecular weight excluding hydrogens is 302 g/mol. The SMILES string of the molecule is COc1ccc(CCS(=O)(=O)NC(C)Cc2ccco2)cc1. The number of furan rings is 1. The molecule has 22 heavy (non-hydrogen) atoms. The van der Waals surface area contributed by atoms with Crippen LogP contribution in [0.1, 0.15) is 18.2 Å². The summed E-state index contributed by atoms with van der Waals surface area (Å²) in [6.07, 6.45) is 2.59. The topological polar surface area (TPSA) is 68.5 Å². The van der Waals surface area contributed by atoms with Gasteiger partial charge in [0.1, 0.15) is 11.5 Å². The Kier molecular flexibility index (Phi) is 5.63. The monoisotopic (exact) mass is 323 g/mol. The highest BCUT2D eigenvalue weighted by Crippen LogP contribution is 2.12. The third kappa shape index (κ3) is 5.20. The fraction of sp³-hybridized carbons (Fsp3) is 0.375. The number of aryl methyl sites for hydroxylation is 1. The van der Waals surface area contributed by atoms with Crippen LogP contribution in [0.2, 0.25) is 0 Å². The largest absolute Gasteiger partial charge is 0.497 e. The maximum Gasteiger partial charge on any atom is 0.212 e. The number of rotatable bonds is 8. The molecule has 0 spiro atoms. The van der Waals surface area contributed by atoms with Crippen LogP contribution in [0.4, 0.5) is 0 Å². The molecule has 0 saturated heterocycles. The van der Waals surface area contributed by atoms with Gasteiger partial charge in [0.2, 0.25) is 10.0 Å². The van der Waals surface area contributed by atoms with Gasteiger partial charge in [0, 0.05) is 12.5 Å². The van der Waals surface area contributed by atoms with Gasteiger partial charge in [-0.2, -0.15) is 0 Å². The van der Waals surface area contributed by atoms with Crippen molar-refractivity contribution < 1.29 is 17.6 Å². The standard InChI is InChI=1S/C16H21NO4S/c1-13(12-16-4-3-10-21-16)17-22(18,19)11-9-14-5-7-15(20-2)8-6-14/h3-8,10,13,17H,9,11-12H2,1-2H3. The number of benzene rings is 1. The predicted molar refractivity (Wildman–Crippen MR) is 85.5 cm³/mol. The van der Waals surface area contributed by atoms with E-state index in [-0.39, 0.29) is 11.8 Å². The van der Waals surface area contributed by atoms with Crippen LogP contribution in [-0.4, -0.2) is 27.3 Å². The Labute approximate surface area is 131 Å². The van der Waals surface area contributed by atoms with Crippen molar-refractivity contribution in [1.29, 1.82) is 0 Å². The summed E-state index contributed by atoms with van der Waals surface area (Å²) in [7, 11) is -1.72. The molecule has 0 fully saturated rings. The minimum atomic E-state index is -3.32. The zero-order valence-electron chi connectivity index (χ0n) is 12.8. The van der Waals surface area contributed by atoms with Crippen molar-refractivity contribution in [3.8, 4) is 5.75 Å². The highest BCUT2D eigenvalue weighted by atomic mass is 32.2. The van der Waals surface area contributed by atoms with E-state index in [0.29, 0.717) is 12.8 Å². The van der Waals surface area contributed by atoms with Crippen molar-refractivity contribution >= 4 is 10.0 Å². The molecule has 0 saturated carbocycles. The first kappa shape index (κ1) is 16.6. The van der Waals surface area contributed by atoms with Crippen LogP contribution in [0.5, 0.6) is 5.75 Å². The third-order valence-corrected chi connectivity index (χ3v) is 4.79. The predicted octanol–water partition coefficient (Wildman–Crippen LogP) is 2.38. The molecule has 1 atom stereocenters. The molecule has 0 aliphatic rings. The van der Waals surface area contributed by atoms with Gasteiger partial charge in [0.25, 0.3) is 0 Å². The number of sulfonamides is 1. The zero-order valence-corrected chi connectivity index (χ0v) is 13.6. The highest BCUT2D eigenvalue weighted by molar-refractivity contribution is 7.89. The Balaban J connectivity index is 1.84. The summed E-state index contributed by atoms with van der Waals surface area (Å²) in [5.74, 6) is 1.59. The molecule has 0 bridgehead atoms. The zero-order chi connectivity index (χ0) is 16.0. The molecule has 6 heteroatoms. The van der Waals surface area contributed by atoms with Crippen molar-refractivity contribution in [2.45, 2.75) is 25.8 Å². The van der Waals surface area contributed by atoms with Gasteiger partial charge in [-0.25, -0.2) is 13.1 Å². The number of nitrogens with one attached hydrogen (secondary N) is 1. The Morgan fingerprint density at radius 1 is 1.23 bits per heavy atom. The first-order valence-corrected chi connectivity index (χ1v) is 8.79. The second-order valence-corrected chi connectivity index (χ2v) is 7.09. The van der Waals surface area contributed by atoms with Crippen LogP contribution in [0, 0.1) is 0 Å². The quantitative estimate of drug-likeness (QED) is 0.810. The lowest BCUT2D eigenvalue weighted by Crippen LogP contribution is -2.36. The maximum atomic E-state index is 12.1. The number of methoxy groups -OCH3 is 1. The lowest BCUT2D eigenvalue weighted by molar-refractivity contribution is 0.414. The van der Waals surface area contributed by atoms with Crippen molar-refractivity contribution in [3.05, 3.63) is 54.0 Å². The lowest BCUT2D eigenvalue weighted by Gasteiger charge is -2.13. The summed E-state index contributed by atoms with van der Waals surface area (Å²) >= 11 is 0. The van der Waals surface area contributed by atoms with E-state index in [1.54, 1.807) is 19.4 Å². The van der Waals surface area contributed by atoms with Crippen LogP contribution in [0.15, 0.2) is 47.1 Å². The van der Waals surface area contributed by atoms with Crippen LogP contribution in [0.25, 0.3) is 0 Å². The number of hydrogen-bond donors (Lipinski definition) is 1. The minimum Gasteiger partial charge on any atom is -0.497 e. The average molecular weight is 323 g/mol. The van der Waals surface area contributed by atoms with Gasteiger partial charge in [-0.3, -0.25) is 0 Å². The van der Waals surface area contributed by atoms with E-state index in [1.807, 2.05) is 37.3 Å². The molecule has 0 amide bonds. The molecule has 1 aromatic carbocycles. The van der Waals surface area contributed by atoms with E-state index in [4.69, 9.17) is 9.15 Å². The van der Waals surface area contributed by atoms with Gasteiger partial charge in [-0.1, -0.05) is 12.1 Å². The molecule has 2 aromatic rings. The summed E-state index contributed by atoms with van der Waals surface area (Å²) in [6, 6.07) is 10.8. The van der Waals surface area contributed by atoms with Gasteiger partial charge >= 0.3 is 0 Å². The summed E-state index contributed by atoms with van der Waals surface area (Å²) in [6.45, 7) is 1.83. The molecule has 0 aliphatic carbocycles. The Morgan fingerprint density at radius 2 is 1.95 bits per heavy atom. The Bertz CT molecular complexity index is 663. The molecule has 1 aromatic heterocycles. The number of hydrogen-bond acceptors (Lipinski definition) is 4. The number of ether oxygens (including phenoxy) is 1. The molecule has 2 rings (SSSR count). The lowest BCUT2D eigenvalue weighted by atomic mass is 10.2. The van der Waals surface area contributed by atoms with Crippen molar-refractivity contribution in [2.24, 2.45) is 0 Å². The van der Waals surface area contributed by atoms with Crippen LogP contribution >= 0.6 is 0 Å². The maximum absolute atomic E-state index is 12.1. The van der Waals surface area contributed by atoms with Gasteiger partial charge in [-0.15, -0.1) is 0 Å². The van der Waals surface area contributed by atoms with E-state index in [9.17, 15) is 8.42 Å². The minimum absolute atomic E-state index is 0.0574. The first-order chi connectivity index (χ1) is 10.5. The van der Waals surface area contributed by atoms with E-state index in [2.05, 4.69) is 4.72 Å². The van der Waals surface area contributed by atoms with E-state index < -0.39 is 10.0 Å². The summed E-state index contributed by atoms with van der Waals surface area (Å²) in [5, 5.41) is 0. The van der Waals surface area contributed by atoms with Gasteiger partial charge in [0.15, 0.2) is 0 Å². The van der Waals surface area contributed by atoms with E-state index in [1.165, 1.54) is 0 Å². The first-order valence-electron chi connectivity index (χ1n) is 7.14. The van der Waals surface area contributed by atoms with Crippen LogP contribution in [-0.2, 0) is 22.9 Å². The summed E-state index contributed by atoms with van der Waals surface area (Å²) in [4.78, 5) is 0. The van der Waals surface area contributed by atoms with E-state index in [0.717, 1.165) is 17.1 Å². The average Bonchev–Trinajstić information content (AvgIpc) is 2.98. The van der Waals surface area contributed by atoms with Crippen LogP contribution < -0.4 is 9.46 Å². The van der Waals surface area contributed by atoms with E-state index >= 15 is 0 Å². The molecule has 0 radical (unpaired) electrons. The van der Waals surface area contributed by atoms with Crippen molar-refractivity contribution in [1.82, 2.24) is 4.72 Å². The van der Waals surface area contributed by atoms with Gasteiger partial charge in [-0.05, 0) is 43.2 Å². The molecule has 1 N–H and O–H groups in total. The van der Waals surface area contributed by atoms with Crippen molar-refractivity contribution in [3.63, 3.8) is 0 Å². The summed E-state index contributed by atoms with van der Waals surface area (Å²) < 4.78 is 37.2. The second kappa shape index (κ2) is 7.47. The van der Waals surface area contributed by atoms with Gasteiger partial charge in [0.05, 0.1) is 19.1 Å². The molecule has 5 nitrogen and oxygen atoms in total. The highest BCUT2D eigenvalue weighted by Gasteiger charge is 2.15. The third-order valence-electron chi connectivity index (χ3n) is 3.29. The fourth-order valence-electron chi connectivity index (χ4n) is 2.18. The van der Waals surface area contributed by atoms with Crippen LogP contribution in [0.3, 0.4) is 0 Å². The Hall–Kier alpha value is -1.79. The second-order valence-electron chi connectivity index (χ2n) is 5.22. The van der Waals surface area contributed by atoms with Crippen molar-refractivity contribution in [2.75, 3.05) is 12.9 Å². The molecule has 1 heterocycles. The molecular formula is C16H21NO4S. The Morgan fingerprint density at radius 3 is 2.55 bits per heavy atom. The molecule has 1 unspecified atom stereocenters. The fourth-order valence-corrected chi connectivity index (χ4v) is 3.50. The summed E-state index contributed by atoms with van der Waals surface area (Å²) in [5.41, 5.74) is 0.963. The molecule has 0 aliphatic heterocycles. The van der Waals surface area contributed by atoms with Gasteiger partial charge < -0.3 is 9.15 Å². The normalized spacial score (nSPS) is 13.0.